The number of carbonyl (C=O) groups excluding carboxylic acids is 1. The molecule has 0 spiro atoms. The second-order valence-electron chi connectivity index (χ2n) is 6.41. The van der Waals surface area contributed by atoms with E-state index in [1.54, 1.807) is 20.3 Å². The molecule has 0 saturated heterocycles. The van der Waals surface area contributed by atoms with Gasteiger partial charge in [0.1, 0.15) is 5.75 Å². The molecule has 136 valence electrons. The molecular formula is C21H23NO3S. The summed E-state index contributed by atoms with van der Waals surface area (Å²) in [7, 11) is 3.35. The van der Waals surface area contributed by atoms with E-state index in [1.807, 2.05) is 24.3 Å². The number of benzene rings is 2. The lowest BCUT2D eigenvalue weighted by Gasteiger charge is -2.23. The van der Waals surface area contributed by atoms with E-state index in [2.05, 4.69) is 17.4 Å². The van der Waals surface area contributed by atoms with Crippen LogP contribution in [0.4, 0.5) is 0 Å². The highest BCUT2D eigenvalue weighted by Gasteiger charge is 2.22. The lowest BCUT2D eigenvalue weighted by molar-refractivity contribution is -0.115. The van der Waals surface area contributed by atoms with Crippen LogP contribution in [0.5, 0.6) is 5.75 Å². The third kappa shape index (κ3) is 3.94. The van der Waals surface area contributed by atoms with Crippen LogP contribution in [0.1, 0.15) is 24.8 Å². The molecule has 1 aliphatic heterocycles. The molecule has 0 aliphatic carbocycles. The largest absolute Gasteiger partial charge is 0.495 e. The van der Waals surface area contributed by atoms with Crippen LogP contribution in [-0.4, -0.2) is 31.7 Å². The van der Waals surface area contributed by atoms with Crippen LogP contribution < -0.4 is 10.1 Å². The molecule has 0 radical (unpaired) electrons. The van der Waals surface area contributed by atoms with Crippen molar-refractivity contribution in [1.29, 1.82) is 0 Å². The minimum atomic E-state index is -0.178. The Morgan fingerprint density at radius 1 is 1.19 bits per heavy atom. The van der Waals surface area contributed by atoms with Crippen molar-refractivity contribution in [2.45, 2.75) is 19.3 Å². The van der Waals surface area contributed by atoms with Gasteiger partial charge in [-0.25, -0.2) is 0 Å². The summed E-state index contributed by atoms with van der Waals surface area (Å²) in [5.41, 5.74) is 1.93. The smallest absolute Gasteiger partial charge is 0.249 e. The summed E-state index contributed by atoms with van der Waals surface area (Å²) >= 11 is 5.39. The van der Waals surface area contributed by atoms with Gasteiger partial charge in [-0.1, -0.05) is 48.6 Å². The molecule has 1 unspecified atom stereocenters. The van der Waals surface area contributed by atoms with Crippen LogP contribution in [0.3, 0.4) is 0 Å². The van der Waals surface area contributed by atoms with Gasteiger partial charge < -0.3 is 14.8 Å². The number of thiocarbonyl (C=S) groups is 1. The highest BCUT2D eigenvalue weighted by Crippen LogP contribution is 2.37. The van der Waals surface area contributed by atoms with E-state index < -0.39 is 0 Å². The second-order valence-corrected chi connectivity index (χ2v) is 6.85. The molecule has 2 aromatic carbocycles. The van der Waals surface area contributed by atoms with Crippen molar-refractivity contribution in [3.63, 3.8) is 0 Å². The molecule has 0 fully saturated rings. The van der Waals surface area contributed by atoms with E-state index in [1.165, 1.54) is 0 Å². The van der Waals surface area contributed by atoms with Gasteiger partial charge in [-0.15, -0.1) is 0 Å². The minimum absolute atomic E-state index is 0.129. The predicted molar refractivity (Wildman–Crippen MR) is 108 cm³/mol. The average Bonchev–Trinajstić information content (AvgIpc) is 2.64. The fraction of sp³-hybridized carbons (Fsp3) is 0.333. The summed E-state index contributed by atoms with van der Waals surface area (Å²) in [6.45, 7) is 0.624. The number of nitrogens with one attached hydrogen (secondary N) is 1. The molecule has 1 aliphatic rings. The topological polar surface area (TPSA) is 47.6 Å². The molecule has 0 bridgehead atoms. The first kappa shape index (κ1) is 18.5. The number of ether oxygens (including phenoxy) is 2. The first-order chi connectivity index (χ1) is 12.6. The van der Waals surface area contributed by atoms with Crippen LogP contribution in [0.2, 0.25) is 0 Å². The number of hydrogen-bond donors (Lipinski definition) is 1. The quantitative estimate of drug-likeness (QED) is 0.806. The fourth-order valence-electron chi connectivity index (χ4n) is 3.41. The Balaban J connectivity index is 1.98. The van der Waals surface area contributed by atoms with Crippen molar-refractivity contribution in [2.75, 3.05) is 20.8 Å². The van der Waals surface area contributed by atoms with E-state index in [-0.39, 0.29) is 11.8 Å². The lowest BCUT2D eigenvalue weighted by atomic mass is 9.90. The molecular weight excluding hydrogens is 346 g/mol. The molecule has 1 heterocycles. The molecule has 2 aromatic rings. The molecule has 1 amide bonds. The fourth-order valence-corrected chi connectivity index (χ4v) is 3.75. The van der Waals surface area contributed by atoms with Gasteiger partial charge in [-0.3, -0.25) is 4.79 Å². The molecule has 1 atom stereocenters. The number of amides is 1. The monoisotopic (exact) mass is 369 g/mol. The summed E-state index contributed by atoms with van der Waals surface area (Å²) < 4.78 is 10.9. The second kappa shape index (κ2) is 8.43. The maximum absolute atomic E-state index is 12.4. The highest BCUT2D eigenvalue weighted by molar-refractivity contribution is 7.80. The Morgan fingerprint density at radius 3 is 2.77 bits per heavy atom. The first-order valence-electron chi connectivity index (χ1n) is 8.74. The zero-order valence-corrected chi connectivity index (χ0v) is 15.9. The van der Waals surface area contributed by atoms with Gasteiger partial charge in [0.05, 0.1) is 12.1 Å². The number of carbonyl (C=O) groups is 1. The van der Waals surface area contributed by atoms with E-state index in [0.29, 0.717) is 11.6 Å². The molecule has 3 rings (SSSR count). The highest BCUT2D eigenvalue weighted by atomic mass is 32.1. The zero-order valence-electron chi connectivity index (χ0n) is 15.1. The molecule has 26 heavy (non-hydrogen) atoms. The third-order valence-corrected chi connectivity index (χ3v) is 5.22. The maximum Gasteiger partial charge on any atom is 0.249 e. The van der Waals surface area contributed by atoms with Gasteiger partial charge in [0.15, 0.2) is 0 Å². The number of fused-ring (bicyclic) bond motifs is 1. The van der Waals surface area contributed by atoms with Gasteiger partial charge >= 0.3 is 0 Å². The van der Waals surface area contributed by atoms with Crippen molar-refractivity contribution in [3.05, 3.63) is 48.0 Å². The number of methoxy groups -OCH3 is 2. The first-order valence-corrected chi connectivity index (χ1v) is 9.15. The number of allylic oxidation sites excluding steroid dienone is 1. The Hall–Kier alpha value is -2.24. The number of hydrogen-bond acceptors (Lipinski definition) is 4. The Kier molecular flexibility index (Phi) is 6.01. The lowest BCUT2D eigenvalue weighted by Crippen LogP contribution is -2.35. The van der Waals surface area contributed by atoms with Crippen molar-refractivity contribution in [1.82, 2.24) is 5.32 Å². The van der Waals surface area contributed by atoms with Gasteiger partial charge in [0, 0.05) is 36.7 Å². The van der Waals surface area contributed by atoms with Gasteiger partial charge in [0.25, 0.3) is 0 Å². The molecule has 0 aromatic heterocycles. The van der Waals surface area contributed by atoms with Crippen molar-refractivity contribution >= 4 is 39.5 Å². The van der Waals surface area contributed by atoms with Crippen molar-refractivity contribution < 1.29 is 14.3 Å². The van der Waals surface area contributed by atoms with Crippen LogP contribution in [0.25, 0.3) is 16.3 Å². The minimum Gasteiger partial charge on any atom is -0.495 e. The Bertz CT molecular complexity index is 859. The standard InChI is InChI=1S/C21H23NO3S/c1-24-12-11-15-7-8-16(13-19(23)22-21(15)26)18-10-9-14-5-3-4-6-17(14)20(18)25-2/h3-6,9-10,13,15H,7-8,11-12H2,1-2H3,(H,22,23,26)/b16-13+. The number of rotatable bonds is 5. The van der Waals surface area contributed by atoms with E-state index in [0.717, 1.165) is 46.9 Å². The summed E-state index contributed by atoms with van der Waals surface area (Å²) in [5.74, 6) is 0.755. The van der Waals surface area contributed by atoms with E-state index in [4.69, 9.17) is 21.7 Å². The van der Waals surface area contributed by atoms with Crippen LogP contribution >= 0.6 is 12.2 Å². The van der Waals surface area contributed by atoms with Crippen LogP contribution in [0, 0.1) is 5.92 Å². The normalized spacial score (nSPS) is 20.1. The van der Waals surface area contributed by atoms with Gasteiger partial charge in [-0.05, 0) is 30.2 Å². The van der Waals surface area contributed by atoms with Gasteiger partial charge in [-0.2, -0.15) is 0 Å². The van der Waals surface area contributed by atoms with Crippen molar-refractivity contribution in [2.24, 2.45) is 5.92 Å². The summed E-state index contributed by atoms with van der Waals surface area (Å²) in [6, 6.07) is 12.2. The maximum atomic E-state index is 12.4. The summed E-state index contributed by atoms with van der Waals surface area (Å²) in [5, 5.41) is 4.99. The SMILES string of the molecule is COCCC1CC/C(c2ccc3ccccc3c2OC)=C\C(=O)NC1=S. The van der Waals surface area contributed by atoms with Gasteiger partial charge in [0.2, 0.25) is 5.91 Å². The van der Waals surface area contributed by atoms with Crippen molar-refractivity contribution in [3.8, 4) is 5.75 Å². The van der Waals surface area contributed by atoms with Crippen LogP contribution in [0.15, 0.2) is 42.5 Å². The molecule has 0 saturated carbocycles. The molecule has 1 N–H and O–H groups in total. The Morgan fingerprint density at radius 2 is 2.00 bits per heavy atom. The average molecular weight is 369 g/mol. The molecule has 4 nitrogen and oxygen atoms in total. The Labute approximate surface area is 159 Å². The summed E-state index contributed by atoms with van der Waals surface area (Å²) in [6.07, 6.45) is 4.07. The van der Waals surface area contributed by atoms with Crippen LogP contribution in [-0.2, 0) is 9.53 Å². The van der Waals surface area contributed by atoms with E-state index in [9.17, 15) is 4.79 Å². The third-order valence-electron chi connectivity index (χ3n) is 4.78. The zero-order chi connectivity index (χ0) is 18.5. The predicted octanol–water partition coefficient (Wildman–Crippen LogP) is 4.12. The summed E-state index contributed by atoms with van der Waals surface area (Å²) in [4.78, 5) is 13.0. The molecule has 5 heteroatoms. The van der Waals surface area contributed by atoms with E-state index >= 15 is 0 Å².